The van der Waals surface area contributed by atoms with Crippen LogP contribution in [0.15, 0.2) is 40.9 Å². The maximum atomic E-state index is 6.78. The van der Waals surface area contributed by atoms with Crippen molar-refractivity contribution in [3.05, 3.63) is 57.3 Å². The lowest BCUT2D eigenvalue weighted by Gasteiger charge is -2.04. The van der Waals surface area contributed by atoms with E-state index < -0.39 is 0 Å². The maximum absolute atomic E-state index is 6.78. The van der Waals surface area contributed by atoms with Crippen LogP contribution in [0.2, 0.25) is 0 Å². The van der Waals surface area contributed by atoms with Crippen LogP contribution in [-0.4, -0.2) is 0 Å². The second-order valence-electron chi connectivity index (χ2n) is 3.12. The van der Waals surface area contributed by atoms with E-state index in [2.05, 4.69) is 38.4 Å². The summed E-state index contributed by atoms with van der Waals surface area (Å²) < 4.78 is 4.42. The van der Waals surface area contributed by atoms with Gasteiger partial charge in [0.15, 0.2) is 0 Å². The summed E-state index contributed by atoms with van der Waals surface area (Å²) in [6.45, 7) is 6.78. The molecule has 0 unspecified atom stereocenters. The van der Waals surface area contributed by atoms with E-state index in [0.29, 0.717) is 0 Å². The van der Waals surface area contributed by atoms with Crippen LogP contribution >= 0.6 is 27.9 Å². The first-order valence-corrected chi connectivity index (χ1v) is 6.21. The molecule has 0 saturated carbocycles. The molecule has 0 aliphatic carbocycles. The van der Waals surface area contributed by atoms with Crippen LogP contribution in [0.4, 0.5) is 0 Å². The smallest absolute Gasteiger partial charge is 0.229 e. The third-order valence-corrected chi connectivity index (χ3v) is 3.51. The van der Waals surface area contributed by atoms with Crippen molar-refractivity contribution in [1.29, 1.82) is 0 Å². The summed E-state index contributed by atoms with van der Waals surface area (Å²) in [6, 6.07) is 12.4. The number of rotatable bonds is 2. The first-order chi connectivity index (χ1) is 7.33. The molecule has 0 aromatic heterocycles. The Hall–Kier alpha value is -0.980. The van der Waals surface area contributed by atoms with E-state index in [1.54, 1.807) is 0 Å². The van der Waals surface area contributed by atoms with Gasteiger partial charge in [0.1, 0.15) is 0 Å². The van der Waals surface area contributed by atoms with Crippen LogP contribution < -0.4 is 0 Å². The quantitative estimate of drug-likeness (QED) is 0.570. The van der Waals surface area contributed by atoms with Gasteiger partial charge >= 0.3 is 0 Å². The fraction of sp³-hybridized carbons (Fsp3) is 0.0833. The van der Waals surface area contributed by atoms with Gasteiger partial charge in [0, 0.05) is 4.47 Å². The Balaban J connectivity index is 2.57. The summed E-state index contributed by atoms with van der Waals surface area (Å²) in [5.74, 6) is 0.747. The Morgan fingerprint density at radius 1 is 1.13 bits per heavy atom. The maximum Gasteiger partial charge on any atom is 0.261 e. The minimum atomic E-state index is 0.747. The van der Waals surface area contributed by atoms with E-state index in [4.69, 9.17) is 6.57 Å². The Labute approximate surface area is 102 Å². The van der Waals surface area contributed by atoms with Gasteiger partial charge in [0.2, 0.25) is 0 Å². The van der Waals surface area contributed by atoms with Gasteiger partial charge in [-0.15, -0.1) is 0 Å². The Kier molecular flexibility index (Phi) is 3.30. The lowest BCUT2D eigenvalue weighted by molar-refractivity contribution is 1.46. The average molecular weight is 278 g/mol. The number of hydrogen-bond donors (Lipinski definition) is 0. The van der Waals surface area contributed by atoms with Gasteiger partial charge in [-0.2, -0.15) is 0 Å². The summed E-state index contributed by atoms with van der Waals surface area (Å²) in [7, 11) is 0. The largest absolute Gasteiger partial charge is 0.261 e. The molecule has 2 aromatic rings. The van der Waals surface area contributed by atoms with Gasteiger partial charge in [0.25, 0.3) is 11.9 Å². The van der Waals surface area contributed by atoms with Crippen LogP contribution in [0, 0.1) is 6.57 Å². The molecule has 2 rings (SSSR count). The van der Waals surface area contributed by atoms with Gasteiger partial charge in [-0.25, -0.2) is 10.8 Å². The number of halogens is 1. The Morgan fingerprint density at radius 3 is 2.60 bits per heavy atom. The topological polar surface area (TPSA) is 4.36 Å². The average Bonchev–Trinajstić information content (AvgIpc) is 2.29. The van der Waals surface area contributed by atoms with Crippen molar-refractivity contribution < 1.29 is 0 Å². The molecule has 0 spiro atoms. The van der Waals surface area contributed by atoms with Crippen molar-refractivity contribution in [2.75, 3.05) is 0 Å². The zero-order chi connectivity index (χ0) is 10.7. The highest BCUT2D eigenvalue weighted by Gasteiger charge is 2.05. The highest BCUT2D eigenvalue weighted by Crippen LogP contribution is 2.29. The predicted octanol–water partition coefficient (Wildman–Crippen LogP) is 4.67. The van der Waals surface area contributed by atoms with Gasteiger partial charge in [0.05, 0.1) is 5.75 Å². The third-order valence-electron chi connectivity index (χ3n) is 2.25. The van der Waals surface area contributed by atoms with E-state index in [-0.39, 0.29) is 0 Å². The lowest BCUT2D eigenvalue weighted by Crippen LogP contribution is -1.83. The Morgan fingerprint density at radius 2 is 1.87 bits per heavy atom. The first kappa shape index (κ1) is 10.5. The molecule has 0 bridgehead atoms. The molecular formula is C12H8BrNS. The van der Waals surface area contributed by atoms with E-state index in [1.165, 1.54) is 28.3 Å². The standard InChI is InChI=1S/C12H8BrNS/c1-14-15-8-9-6-7-12(13)11-5-3-2-4-10(9)11/h2-7H,8H2. The second kappa shape index (κ2) is 4.69. The number of benzene rings is 2. The number of fused-ring (bicyclic) bond motifs is 1. The van der Waals surface area contributed by atoms with Crippen LogP contribution in [0.25, 0.3) is 15.0 Å². The zero-order valence-electron chi connectivity index (χ0n) is 7.90. The molecule has 74 valence electrons. The van der Waals surface area contributed by atoms with Gasteiger partial charge < -0.3 is 0 Å². The molecule has 3 heteroatoms. The monoisotopic (exact) mass is 277 g/mol. The normalized spacial score (nSPS) is 10.1. The minimum absolute atomic E-state index is 0.747. The van der Waals surface area contributed by atoms with Crippen molar-refractivity contribution >= 4 is 38.7 Å². The van der Waals surface area contributed by atoms with Gasteiger partial charge in [-0.1, -0.05) is 46.3 Å². The molecular weight excluding hydrogens is 270 g/mol. The fourth-order valence-electron chi connectivity index (χ4n) is 1.55. The molecule has 0 saturated heterocycles. The van der Waals surface area contributed by atoms with Crippen LogP contribution in [0.1, 0.15) is 5.56 Å². The molecule has 0 fully saturated rings. The summed E-state index contributed by atoms with van der Waals surface area (Å²) in [5.41, 5.74) is 1.22. The van der Waals surface area contributed by atoms with Crippen LogP contribution in [0.5, 0.6) is 0 Å². The molecule has 0 aliphatic rings. The van der Waals surface area contributed by atoms with Crippen molar-refractivity contribution in [3.8, 4) is 0 Å². The number of nitrogens with zero attached hydrogens (tertiary/aromatic N) is 1. The Bertz CT molecular complexity index is 531. The summed E-state index contributed by atoms with van der Waals surface area (Å²) >= 11 is 4.79. The SMILES string of the molecule is [C-]#[N+]SCc1ccc(Br)c2ccccc12. The van der Waals surface area contributed by atoms with Crippen molar-refractivity contribution in [2.24, 2.45) is 0 Å². The minimum Gasteiger partial charge on any atom is -0.229 e. The molecule has 2 aromatic carbocycles. The molecule has 1 nitrogen and oxygen atoms in total. The van der Waals surface area contributed by atoms with Crippen molar-refractivity contribution in [2.45, 2.75) is 5.75 Å². The summed E-state index contributed by atoms with van der Waals surface area (Å²) in [6.07, 6.45) is 0. The van der Waals surface area contributed by atoms with Crippen molar-refractivity contribution in [3.63, 3.8) is 0 Å². The summed E-state index contributed by atoms with van der Waals surface area (Å²) in [5, 5.41) is 2.43. The molecule has 0 N–H and O–H groups in total. The molecule has 0 amide bonds. The van der Waals surface area contributed by atoms with Crippen LogP contribution in [-0.2, 0) is 5.75 Å². The molecule has 0 aliphatic heterocycles. The summed E-state index contributed by atoms with van der Waals surface area (Å²) in [4.78, 5) is 0. The molecule has 15 heavy (non-hydrogen) atoms. The predicted molar refractivity (Wildman–Crippen MR) is 69.5 cm³/mol. The first-order valence-electron chi connectivity index (χ1n) is 4.48. The van der Waals surface area contributed by atoms with Crippen LogP contribution in [0.3, 0.4) is 0 Å². The van der Waals surface area contributed by atoms with E-state index >= 15 is 0 Å². The van der Waals surface area contributed by atoms with Gasteiger partial charge in [-0.05, 0) is 22.4 Å². The highest BCUT2D eigenvalue weighted by molar-refractivity contribution is 9.10. The second-order valence-corrected chi connectivity index (χ2v) is 4.70. The van der Waals surface area contributed by atoms with E-state index in [0.717, 1.165) is 10.2 Å². The molecule has 0 heterocycles. The van der Waals surface area contributed by atoms with Gasteiger partial charge in [-0.3, -0.25) is 0 Å². The lowest BCUT2D eigenvalue weighted by atomic mass is 10.1. The zero-order valence-corrected chi connectivity index (χ0v) is 10.3. The van der Waals surface area contributed by atoms with Crippen molar-refractivity contribution in [1.82, 2.24) is 0 Å². The highest BCUT2D eigenvalue weighted by atomic mass is 79.9. The molecule has 0 atom stereocenters. The number of hydrogen-bond acceptors (Lipinski definition) is 1. The van der Waals surface area contributed by atoms with E-state index in [9.17, 15) is 0 Å². The van der Waals surface area contributed by atoms with E-state index in [1.807, 2.05) is 18.2 Å². The third kappa shape index (κ3) is 2.17. The fourth-order valence-corrected chi connectivity index (χ4v) is 2.49. The molecule has 0 radical (unpaired) electrons.